The van der Waals surface area contributed by atoms with Crippen molar-refractivity contribution in [2.45, 2.75) is 19.9 Å². The number of carbonyl (C=O) groups excluding carboxylic acids is 1. The largest absolute Gasteiger partial charge is 0.497 e. The van der Waals surface area contributed by atoms with Crippen LogP contribution < -0.4 is 19.6 Å². The van der Waals surface area contributed by atoms with Gasteiger partial charge in [-0.1, -0.05) is 41.7 Å². The predicted molar refractivity (Wildman–Crippen MR) is 136 cm³/mol. The van der Waals surface area contributed by atoms with Crippen LogP contribution in [0.25, 0.3) is 17.0 Å². The molecular formula is C27H25N3O4S. The van der Waals surface area contributed by atoms with Gasteiger partial charge in [0.05, 0.1) is 35.6 Å². The van der Waals surface area contributed by atoms with Gasteiger partial charge in [-0.05, 0) is 43.7 Å². The molecule has 1 aliphatic rings. The van der Waals surface area contributed by atoms with E-state index in [1.54, 1.807) is 25.5 Å². The van der Waals surface area contributed by atoms with E-state index in [1.165, 1.54) is 11.3 Å². The number of esters is 1. The average Bonchev–Trinajstić information content (AvgIpc) is 3.34. The molecule has 0 radical (unpaired) electrons. The van der Waals surface area contributed by atoms with E-state index >= 15 is 0 Å². The molecule has 2 aromatic carbocycles. The van der Waals surface area contributed by atoms with E-state index in [9.17, 15) is 9.59 Å². The second-order valence-corrected chi connectivity index (χ2v) is 9.30. The number of carbonyl (C=O) groups is 1. The SMILES string of the molecule is CCOC(=O)C1=C(C)N=c2sc(=Cc3cn(C)c4ccccc34)c(=O)n2[C@H]1c1ccc(OC)cc1. The van der Waals surface area contributed by atoms with Crippen LogP contribution in [-0.4, -0.2) is 28.8 Å². The molecule has 8 heteroatoms. The number of thiazole rings is 1. The minimum atomic E-state index is -0.647. The quantitative estimate of drug-likeness (QED) is 0.405. The summed E-state index contributed by atoms with van der Waals surface area (Å²) in [4.78, 5) is 32.0. The van der Waals surface area contributed by atoms with Gasteiger partial charge in [-0.25, -0.2) is 9.79 Å². The second kappa shape index (κ2) is 9.03. The van der Waals surface area contributed by atoms with Gasteiger partial charge in [0, 0.05) is 29.7 Å². The summed E-state index contributed by atoms with van der Waals surface area (Å²) in [5.74, 6) is 0.216. The first-order valence-electron chi connectivity index (χ1n) is 11.3. The first kappa shape index (κ1) is 22.9. The number of aromatic nitrogens is 2. The van der Waals surface area contributed by atoms with Crippen LogP contribution >= 0.6 is 11.3 Å². The molecule has 35 heavy (non-hydrogen) atoms. The molecule has 0 bridgehead atoms. The Labute approximate surface area is 205 Å². The summed E-state index contributed by atoms with van der Waals surface area (Å²) in [6, 6.07) is 14.8. The predicted octanol–water partition coefficient (Wildman–Crippen LogP) is 3.30. The highest BCUT2D eigenvalue weighted by molar-refractivity contribution is 7.07. The molecule has 178 valence electrons. The molecule has 0 amide bonds. The van der Waals surface area contributed by atoms with Crippen LogP contribution in [0.15, 0.2) is 75.8 Å². The molecule has 0 saturated heterocycles. The lowest BCUT2D eigenvalue weighted by molar-refractivity contribution is -0.139. The molecule has 5 rings (SSSR count). The number of methoxy groups -OCH3 is 1. The molecule has 0 spiro atoms. The number of para-hydroxylation sites is 1. The fourth-order valence-corrected chi connectivity index (χ4v) is 5.56. The van der Waals surface area contributed by atoms with Crippen molar-refractivity contribution in [3.05, 3.63) is 96.8 Å². The van der Waals surface area contributed by atoms with Crippen LogP contribution in [0.1, 0.15) is 31.0 Å². The highest BCUT2D eigenvalue weighted by atomic mass is 32.1. The van der Waals surface area contributed by atoms with Gasteiger partial charge in [0.1, 0.15) is 5.75 Å². The summed E-state index contributed by atoms with van der Waals surface area (Å²) in [6.07, 6.45) is 3.92. The van der Waals surface area contributed by atoms with Crippen molar-refractivity contribution in [1.82, 2.24) is 9.13 Å². The zero-order valence-electron chi connectivity index (χ0n) is 19.9. The number of ether oxygens (including phenoxy) is 2. The highest BCUT2D eigenvalue weighted by Gasteiger charge is 2.33. The molecule has 0 unspecified atom stereocenters. The lowest BCUT2D eigenvalue weighted by Gasteiger charge is -2.24. The van der Waals surface area contributed by atoms with E-state index in [0.717, 1.165) is 22.0 Å². The number of nitrogens with zero attached hydrogens (tertiary/aromatic N) is 3. The fourth-order valence-electron chi connectivity index (χ4n) is 4.52. The van der Waals surface area contributed by atoms with E-state index in [0.29, 0.717) is 26.4 Å². The zero-order valence-corrected chi connectivity index (χ0v) is 20.8. The number of allylic oxidation sites excluding steroid dienone is 1. The van der Waals surface area contributed by atoms with Crippen LogP contribution in [-0.2, 0) is 16.6 Å². The van der Waals surface area contributed by atoms with E-state index in [1.807, 2.05) is 72.4 Å². The van der Waals surface area contributed by atoms with Crippen LogP contribution in [0.2, 0.25) is 0 Å². The second-order valence-electron chi connectivity index (χ2n) is 8.29. The Morgan fingerprint density at radius 2 is 1.91 bits per heavy atom. The molecule has 4 aromatic rings. The van der Waals surface area contributed by atoms with E-state index < -0.39 is 12.0 Å². The summed E-state index contributed by atoms with van der Waals surface area (Å²) in [7, 11) is 3.58. The Hall–Kier alpha value is -3.91. The maximum Gasteiger partial charge on any atom is 0.338 e. The molecule has 2 aromatic heterocycles. The smallest absolute Gasteiger partial charge is 0.338 e. The van der Waals surface area contributed by atoms with E-state index in [-0.39, 0.29) is 12.2 Å². The summed E-state index contributed by atoms with van der Waals surface area (Å²) in [5.41, 5.74) is 3.53. The maximum atomic E-state index is 13.8. The van der Waals surface area contributed by atoms with Crippen molar-refractivity contribution in [3.63, 3.8) is 0 Å². The van der Waals surface area contributed by atoms with Crippen molar-refractivity contribution in [2.75, 3.05) is 13.7 Å². The first-order chi connectivity index (χ1) is 16.9. The minimum absolute atomic E-state index is 0.197. The Balaban J connectivity index is 1.74. The van der Waals surface area contributed by atoms with Gasteiger partial charge >= 0.3 is 5.97 Å². The van der Waals surface area contributed by atoms with E-state index in [4.69, 9.17) is 9.47 Å². The molecule has 7 nitrogen and oxygen atoms in total. The van der Waals surface area contributed by atoms with Crippen molar-refractivity contribution < 1.29 is 14.3 Å². The van der Waals surface area contributed by atoms with Crippen molar-refractivity contribution >= 4 is 34.3 Å². The topological polar surface area (TPSA) is 74.8 Å². The summed E-state index contributed by atoms with van der Waals surface area (Å²) in [5, 5.41) is 1.07. The summed E-state index contributed by atoms with van der Waals surface area (Å²) >= 11 is 1.32. The number of rotatable bonds is 5. The molecule has 0 N–H and O–H groups in total. The molecule has 0 fully saturated rings. The van der Waals surface area contributed by atoms with Gasteiger partial charge in [-0.15, -0.1) is 0 Å². The fraction of sp³-hybridized carbons (Fsp3) is 0.222. The van der Waals surface area contributed by atoms with Crippen molar-refractivity contribution in [2.24, 2.45) is 12.0 Å². The Kier molecular flexibility index (Phi) is 5.90. The molecule has 1 aliphatic heterocycles. The van der Waals surface area contributed by atoms with E-state index in [2.05, 4.69) is 4.99 Å². The third-order valence-electron chi connectivity index (χ3n) is 6.16. The molecule has 1 atom stereocenters. The van der Waals surface area contributed by atoms with Crippen LogP contribution in [0.5, 0.6) is 5.75 Å². The summed E-state index contributed by atoms with van der Waals surface area (Å²) in [6.45, 7) is 3.77. The van der Waals surface area contributed by atoms with Gasteiger partial charge in [0.25, 0.3) is 5.56 Å². The van der Waals surface area contributed by atoms with Crippen molar-refractivity contribution in [1.29, 1.82) is 0 Å². The van der Waals surface area contributed by atoms with Gasteiger partial charge < -0.3 is 14.0 Å². The summed E-state index contributed by atoms with van der Waals surface area (Å²) < 4.78 is 14.8. The molecule has 3 heterocycles. The lowest BCUT2D eigenvalue weighted by atomic mass is 9.96. The minimum Gasteiger partial charge on any atom is -0.497 e. The van der Waals surface area contributed by atoms with Crippen LogP contribution in [0, 0.1) is 0 Å². The third kappa shape index (κ3) is 3.89. The van der Waals surface area contributed by atoms with Gasteiger partial charge in [-0.3, -0.25) is 9.36 Å². The number of hydrogen-bond donors (Lipinski definition) is 0. The first-order valence-corrected chi connectivity index (χ1v) is 12.1. The molecular weight excluding hydrogens is 462 g/mol. The van der Waals surface area contributed by atoms with Gasteiger partial charge in [0.2, 0.25) is 0 Å². The zero-order chi connectivity index (χ0) is 24.7. The Morgan fingerprint density at radius 1 is 1.17 bits per heavy atom. The Morgan fingerprint density at radius 3 is 2.63 bits per heavy atom. The van der Waals surface area contributed by atoms with Crippen LogP contribution in [0.3, 0.4) is 0 Å². The monoisotopic (exact) mass is 487 g/mol. The number of hydrogen-bond acceptors (Lipinski definition) is 6. The molecule has 0 saturated carbocycles. The highest BCUT2D eigenvalue weighted by Crippen LogP contribution is 2.31. The third-order valence-corrected chi connectivity index (χ3v) is 7.15. The number of benzene rings is 2. The van der Waals surface area contributed by atoms with Crippen LogP contribution in [0.4, 0.5) is 0 Å². The average molecular weight is 488 g/mol. The maximum absolute atomic E-state index is 13.8. The van der Waals surface area contributed by atoms with Crippen molar-refractivity contribution in [3.8, 4) is 5.75 Å². The number of aryl methyl sites for hydroxylation is 1. The standard InChI is InChI=1S/C27H25N3O4S/c1-5-34-26(32)23-16(2)28-27-30(24(23)17-10-12-19(33-4)13-11-17)25(31)22(35-27)14-18-15-29(3)21-9-7-6-8-20(18)21/h6-15,24H,5H2,1-4H3/t24-/m0/s1. The molecule has 0 aliphatic carbocycles. The van der Waals surface area contributed by atoms with Gasteiger partial charge in [-0.2, -0.15) is 0 Å². The normalized spacial score (nSPS) is 15.8. The lowest BCUT2D eigenvalue weighted by Crippen LogP contribution is -2.39. The Bertz CT molecular complexity index is 1660. The van der Waals surface area contributed by atoms with Gasteiger partial charge in [0.15, 0.2) is 4.80 Å². The number of fused-ring (bicyclic) bond motifs is 2.